The number of piperidine rings is 1. The number of carbonyl (C=O) groups is 1. The number of unbranched alkanes of at least 4 members (excludes halogenated alkanes) is 3. The zero-order chi connectivity index (χ0) is 25.8. The normalized spacial score (nSPS) is 16.2. The van der Waals surface area contributed by atoms with Crippen LogP contribution < -0.4 is 0 Å². The molecule has 0 spiro atoms. The van der Waals surface area contributed by atoms with Gasteiger partial charge in [0.15, 0.2) is 0 Å². The molecule has 35 heavy (non-hydrogen) atoms. The molecule has 4 nitrogen and oxygen atoms in total. The van der Waals surface area contributed by atoms with Crippen molar-refractivity contribution in [2.45, 2.75) is 92.5 Å². The number of nitrogens with zero attached hydrogens (tertiary/aromatic N) is 2. The van der Waals surface area contributed by atoms with Gasteiger partial charge in [-0.05, 0) is 20.8 Å². The van der Waals surface area contributed by atoms with Crippen molar-refractivity contribution >= 4 is 52.2 Å². The van der Waals surface area contributed by atoms with Gasteiger partial charge in [-0.15, -0.1) is 0 Å². The first-order chi connectivity index (χ1) is 16.6. The molecule has 1 heterocycles. The predicted octanol–water partition coefficient (Wildman–Crippen LogP) is 7.90. The molecule has 0 unspecified atom stereocenters. The number of hydrogen-bond acceptors (Lipinski definition) is 3. The minimum absolute atomic E-state index is 0.180. The van der Waals surface area contributed by atoms with Crippen LogP contribution in [0, 0.1) is 5.92 Å². The molecule has 1 fully saturated rings. The fourth-order valence-electron chi connectivity index (χ4n) is 4.93. The molecular formula is C28H47Cl2InN2O2. The van der Waals surface area contributed by atoms with Crippen LogP contribution in [-0.4, -0.2) is 77.6 Å². The Balaban J connectivity index is 1.86. The molecule has 1 saturated heterocycles. The number of rotatable bonds is 13. The third-order valence-electron chi connectivity index (χ3n) is 7.08. The van der Waals surface area contributed by atoms with Crippen LogP contribution in [0.2, 0.25) is 18.4 Å². The van der Waals surface area contributed by atoms with Gasteiger partial charge in [0.25, 0.3) is 0 Å². The average molecular weight is 629 g/mol. The quantitative estimate of drug-likeness (QED) is 0.208. The van der Waals surface area contributed by atoms with Crippen molar-refractivity contribution in [3.05, 3.63) is 33.8 Å². The summed E-state index contributed by atoms with van der Waals surface area (Å²) < 4.78 is 8.79. The Kier molecular flexibility index (Phi) is 14.2. The molecular weight excluding hydrogens is 582 g/mol. The van der Waals surface area contributed by atoms with E-state index in [1.54, 1.807) is 13.3 Å². The summed E-state index contributed by atoms with van der Waals surface area (Å²) in [6, 6.07) is 5.86. The van der Waals surface area contributed by atoms with Crippen LogP contribution in [0.5, 0.6) is 0 Å². The second-order valence-corrected chi connectivity index (χ2v) is 17.9. The van der Waals surface area contributed by atoms with E-state index in [1.165, 1.54) is 51.6 Å². The number of ether oxygens (including phenoxy) is 1. The van der Waals surface area contributed by atoms with Crippen molar-refractivity contribution in [1.82, 2.24) is 9.80 Å². The zero-order valence-corrected chi connectivity index (χ0v) is 28.3. The van der Waals surface area contributed by atoms with Crippen LogP contribution in [-0.2, 0) is 4.74 Å². The maximum absolute atomic E-state index is 12.6. The Labute approximate surface area is 235 Å². The molecule has 1 aliphatic heterocycles. The fraction of sp³-hybridized carbons (Fsp3) is 0.750. The van der Waals surface area contributed by atoms with E-state index in [4.69, 9.17) is 27.9 Å². The Morgan fingerprint density at radius 3 is 2.51 bits per heavy atom. The van der Waals surface area contributed by atoms with Crippen molar-refractivity contribution in [3.8, 4) is 0 Å². The molecule has 1 aromatic rings. The monoisotopic (exact) mass is 628 g/mol. The van der Waals surface area contributed by atoms with Gasteiger partial charge in [-0.3, -0.25) is 0 Å². The van der Waals surface area contributed by atoms with Gasteiger partial charge in [-0.2, -0.15) is 0 Å². The first-order valence-electron chi connectivity index (χ1n) is 13.7. The van der Waals surface area contributed by atoms with Gasteiger partial charge in [0.1, 0.15) is 5.60 Å². The number of likely N-dealkylation sites (tertiary alicyclic amines) is 1. The van der Waals surface area contributed by atoms with Crippen molar-refractivity contribution in [2.24, 2.45) is 5.92 Å². The zero-order valence-electron chi connectivity index (χ0n) is 22.8. The van der Waals surface area contributed by atoms with Crippen LogP contribution in [0.15, 0.2) is 18.2 Å². The van der Waals surface area contributed by atoms with Gasteiger partial charge in [0, 0.05) is 0 Å². The van der Waals surface area contributed by atoms with Crippen LogP contribution in [0.1, 0.15) is 84.1 Å². The molecule has 0 bridgehead atoms. The molecule has 1 atom stereocenters. The van der Waals surface area contributed by atoms with E-state index in [0.29, 0.717) is 16.6 Å². The van der Waals surface area contributed by atoms with E-state index in [1.807, 2.05) is 46.0 Å². The summed E-state index contributed by atoms with van der Waals surface area (Å²) in [5, 5.41) is 1.13. The van der Waals surface area contributed by atoms with Crippen molar-refractivity contribution in [1.29, 1.82) is 0 Å². The third kappa shape index (κ3) is 12.3. The van der Waals surface area contributed by atoms with E-state index >= 15 is 0 Å². The summed E-state index contributed by atoms with van der Waals surface area (Å²) in [4.78, 5) is 16.9. The van der Waals surface area contributed by atoms with Gasteiger partial charge >= 0.3 is 199 Å². The first-order valence-corrected chi connectivity index (χ1v) is 20.2. The van der Waals surface area contributed by atoms with E-state index in [2.05, 4.69) is 11.8 Å². The molecule has 198 valence electrons. The van der Waals surface area contributed by atoms with Gasteiger partial charge < -0.3 is 0 Å². The molecule has 1 aliphatic rings. The predicted molar refractivity (Wildman–Crippen MR) is 153 cm³/mol. The maximum atomic E-state index is 12.6. The number of amides is 1. The van der Waals surface area contributed by atoms with E-state index in [0.717, 1.165) is 24.4 Å². The van der Waals surface area contributed by atoms with Gasteiger partial charge in [-0.25, -0.2) is 0 Å². The van der Waals surface area contributed by atoms with Crippen LogP contribution in [0.3, 0.4) is 0 Å². The second kappa shape index (κ2) is 16.0. The minimum atomic E-state index is -0.516. The van der Waals surface area contributed by atoms with Crippen LogP contribution >= 0.6 is 23.2 Å². The van der Waals surface area contributed by atoms with Crippen molar-refractivity contribution in [3.63, 3.8) is 0 Å². The Morgan fingerprint density at radius 2 is 1.89 bits per heavy atom. The number of hydrogen-bond donors (Lipinski definition) is 0. The van der Waals surface area contributed by atoms with Gasteiger partial charge in [-0.1, -0.05) is 11.6 Å². The molecule has 0 aliphatic carbocycles. The van der Waals surface area contributed by atoms with Crippen LogP contribution in [0.25, 0.3) is 0 Å². The van der Waals surface area contributed by atoms with Gasteiger partial charge in [0.05, 0.1) is 0 Å². The fourth-order valence-corrected chi connectivity index (χ4v) is 11.4. The molecule has 0 N–H and O–H groups in total. The summed E-state index contributed by atoms with van der Waals surface area (Å²) in [6.45, 7) is 12.0. The number of likely N-dealkylation sites (N-methyl/N-ethyl adjacent to an activating group) is 1. The number of benzene rings is 1. The molecule has 0 aromatic heterocycles. The second-order valence-electron chi connectivity index (χ2n) is 11.4. The van der Waals surface area contributed by atoms with Crippen molar-refractivity contribution in [2.75, 3.05) is 33.2 Å². The number of halogens is 2. The summed E-state index contributed by atoms with van der Waals surface area (Å²) in [5.74, 6) is 1.16. The van der Waals surface area contributed by atoms with Gasteiger partial charge in [0.2, 0.25) is 0 Å². The average Bonchev–Trinajstić information content (AvgIpc) is 2.80. The number of carbonyl (C=O) groups excluding carboxylic acids is 1. The summed E-state index contributed by atoms with van der Waals surface area (Å²) in [6.07, 6.45) is 9.13. The standard InChI is InChI=1S/C22H33Cl2N2O2.C6H13.In.H/c1-16-8-11-26(12-9-16)13-10-18(17-6-7-19(23)20(24)14-17)15-25(5)21(27)28-22(2,3)4;1-3-5-6-4-2;;/h6-7,14,16,18H,1,8-13,15H2,2-5H3;1,3-6H2,2H3;;/t18-;;;/m1.../s1. The summed E-state index contributed by atoms with van der Waals surface area (Å²) >= 11 is 12.0. The molecule has 1 aromatic carbocycles. The molecule has 2 rings (SSSR count). The SMILES string of the molecule is CCCCC[CH2][InH][CH2]C1CCN(CC[C@H](CN(C)C(=O)OC(C)(C)C)c2ccc(Cl)c(Cl)c2)CC1. The summed E-state index contributed by atoms with van der Waals surface area (Å²) in [7, 11) is 1.82. The van der Waals surface area contributed by atoms with E-state index < -0.39 is 28.5 Å². The topological polar surface area (TPSA) is 32.8 Å². The van der Waals surface area contributed by atoms with E-state index in [-0.39, 0.29) is 12.0 Å². The van der Waals surface area contributed by atoms with Crippen LogP contribution in [0.4, 0.5) is 4.79 Å². The molecule has 0 radical (unpaired) electrons. The Hall–Kier alpha value is -0.0999. The summed E-state index contributed by atoms with van der Waals surface area (Å²) in [5.41, 5.74) is 0.621. The third-order valence-corrected chi connectivity index (χ3v) is 14.2. The molecule has 7 heteroatoms. The van der Waals surface area contributed by atoms with E-state index in [9.17, 15) is 4.79 Å². The molecule has 1 amide bonds. The Bertz CT molecular complexity index is 764. The first kappa shape index (κ1) is 31.1. The molecule has 0 saturated carbocycles. The van der Waals surface area contributed by atoms with Crippen molar-refractivity contribution < 1.29 is 9.53 Å². The Morgan fingerprint density at radius 1 is 1.17 bits per heavy atom.